The second-order valence-corrected chi connectivity index (χ2v) is 4.12. The number of nitrogens with two attached hydrogens (primary N) is 1. The minimum Gasteiger partial charge on any atom is -0.383 e. The predicted octanol–water partition coefficient (Wildman–Crippen LogP) is 2.62. The van der Waals surface area contributed by atoms with Crippen LogP contribution in [0.5, 0.6) is 0 Å². The summed E-state index contributed by atoms with van der Waals surface area (Å²) < 4.78 is 2.16. The summed E-state index contributed by atoms with van der Waals surface area (Å²) in [5, 5.41) is 2.20. The maximum Gasteiger partial charge on any atom is 0.133 e. The second kappa shape index (κ2) is 2.98. The van der Waals surface area contributed by atoms with Gasteiger partial charge in [0.1, 0.15) is 5.82 Å². The van der Waals surface area contributed by atoms with Gasteiger partial charge in [0.25, 0.3) is 0 Å². The molecule has 0 aliphatic rings. The lowest BCUT2D eigenvalue weighted by molar-refractivity contribution is 0.921. The summed E-state index contributed by atoms with van der Waals surface area (Å²) in [6, 6.07) is 10.2. The molecular weight excluding hydrogens is 198 g/mol. The summed E-state index contributed by atoms with van der Waals surface area (Å²) in [5.41, 5.74) is 9.29. The molecule has 0 unspecified atom stereocenters. The van der Waals surface area contributed by atoms with Crippen LogP contribution in [0, 0.1) is 6.92 Å². The second-order valence-electron chi connectivity index (χ2n) is 4.12. The predicted molar refractivity (Wildman–Crippen MR) is 67.4 cm³/mol. The highest BCUT2D eigenvalue weighted by Crippen LogP contribution is 2.29. The number of para-hydroxylation sites is 1. The Morgan fingerprint density at radius 1 is 1.19 bits per heavy atom. The first-order valence-corrected chi connectivity index (χ1v) is 5.29. The number of nitrogen functional groups attached to an aromatic ring is 1. The van der Waals surface area contributed by atoms with Crippen LogP contribution in [0.1, 0.15) is 5.69 Å². The van der Waals surface area contributed by atoms with Crippen molar-refractivity contribution in [1.82, 2.24) is 9.55 Å². The molecule has 0 amide bonds. The Labute approximate surface area is 93.5 Å². The zero-order valence-electron chi connectivity index (χ0n) is 9.36. The molecule has 2 N–H and O–H groups in total. The average Bonchev–Trinajstić information content (AvgIpc) is 2.57. The topological polar surface area (TPSA) is 43.8 Å². The van der Waals surface area contributed by atoms with Crippen LogP contribution in [0.4, 0.5) is 5.82 Å². The highest BCUT2D eigenvalue weighted by molar-refractivity contribution is 6.08. The van der Waals surface area contributed by atoms with Gasteiger partial charge in [0.2, 0.25) is 0 Å². The SMILES string of the molecule is Cc1cc2c(N)nc3ccccc3c2n1C. The molecule has 2 heterocycles. The van der Waals surface area contributed by atoms with Gasteiger partial charge in [-0.15, -0.1) is 0 Å². The minimum absolute atomic E-state index is 0.609. The molecule has 3 rings (SSSR count). The largest absolute Gasteiger partial charge is 0.383 e. The van der Waals surface area contributed by atoms with Crippen LogP contribution in [-0.2, 0) is 7.05 Å². The molecule has 0 fully saturated rings. The van der Waals surface area contributed by atoms with Crippen molar-refractivity contribution in [3.05, 3.63) is 36.0 Å². The van der Waals surface area contributed by atoms with E-state index in [0.717, 1.165) is 16.3 Å². The van der Waals surface area contributed by atoms with Crippen LogP contribution >= 0.6 is 0 Å². The van der Waals surface area contributed by atoms with Crippen molar-refractivity contribution in [3.8, 4) is 0 Å². The van der Waals surface area contributed by atoms with E-state index in [1.165, 1.54) is 11.2 Å². The summed E-state index contributed by atoms with van der Waals surface area (Å²) >= 11 is 0. The summed E-state index contributed by atoms with van der Waals surface area (Å²) in [6.07, 6.45) is 0. The van der Waals surface area contributed by atoms with Gasteiger partial charge in [-0.25, -0.2) is 4.98 Å². The molecule has 0 radical (unpaired) electrons. The number of rotatable bonds is 0. The summed E-state index contributed by atoms with van der Waals surface area (Å²) in [4.78, 5) is 4.42. The monoisotopic (exact) mass is 211 g/mol. The fourth-order valence-corrected chi connectivity index (χ4v) is 2.21. The fourth-order valence-electron chi connectivity index (χ4n) is 2.21. The molecule has 0 saturated heterocycles. The number of hydrogen-bond donors (Lipinski definition) is 1. The van der Waals surface area contributed by atoms with E-state index in [1.54, 1.807) is 0 Å². The van der Waals surface area contributed by atoms with Crippen LogP contribution in [0.25, 0.3) is 21.8 Å². The average molecular weight is 211 g/mol. The van der Waals surface area contributed by atoms with Crippen molar-refractivity contribution >= 4 is 27.6 Å². The van der Waals surface area contributed by atoms with Gasteiger partial charge in [-0.1, -0.05) is 18.2 Å². The Morgan fingerprint density at radius 2 is 1.94 bits per heavy atom. The Hall–Kier alpha value is -2.03. The summed E-state index contributed by atoms with van der Waals surface area (Å²) in [6.45, 7) is 2.08. The third kappa shape index (κ3) is 1.05. The lowest BCUT2D eigenvalue weighted by Crippen LogP contribution is -1.95. The first-order chi connectivity index (χ1) is 7.68. The van der Waals surface area contributed by atoms with Crippen LogP contribution in [0.3, 0.4) is 0 Å². The molecule has 0 atom stereocenters. The first-order valence-electron chi connectivity index (χ1n) is 5.29. The number of anilines is 1. The van der Waals surface area contributed by atoms with Gasteiger partial charge in [0.15, 0.2) is 0 Å². The van der Waals surface area contributed by atoms with Gasteiger partial charge in [-0.3, -0.25) is 0 Å². The third-order valence-corrected chi connectivity index (χ3v) is 3.15. The number of benzene rings is 1. The Bertz CT molecular complexity index is 695. The van der Waals surface area contributed by atoms with Crippen LogP contribution in [0.2, 0.25) is 0 Å². The van der Waals surface area contributed by atoms with Crippen molar-refractivity contribution in [3.63, 3.8) is 0 Å². The molecule has 2 aromatic heterocycles. The van der Waals surface area contributed by atoms with Crippen molar-refractivity contribution in [2.24, 2.45) is 7.05 Å². The van der Waals surface area contributed by atoms with E-state index in [-0.39, 0.29) is 0 Å². The van der Waals surface area contributed by atoms with Crippen molar-refractivity contribution in [2.75, 3.05) is 5.73 Å². The van der Waals surface area contributed by atoms with E-state index < -0.39 is 0 Å². The molecule has 0 bridgehead atoms. The number of hydrogen-bond acceptors (Lipinski definition) is 2. The van der Waals surface area contributed by atoms with E-state index in [0.29, 0.717) is 5.82 Å². The van der Waals surface area contributed by atoms with Gasteiger partial charge in [0, 0.05) is 23.5 Å². The van der Waals surface area contributed by atoms with Gasteiger partial charge < -0.3 is 10.3 Å². The molecule has 3 aromatic rings. The van der Waals surface area contributed by atoms with E-state index >= 15 is 0 Å². The molecule has 0 saturated carbocycles. The Kier molecular flexibility index (Phi) is 1.72. The van der Waals surface area contributed by atoms with Crippen LogP contribution in [0.15, 0.2) is 30.3 Å². The molecule has 16 heavy (non-hydrogen) atoms. The molecule has 0 aliphatic heterocycles. The Morgan fingerprint density at radius 3 is 2.75 bits per heavy atom. The van der Waals surface area contributed by atoms with Crippen LogP contribution < -0.4 is 5.73 Å². The number of aryl methyl sites for hydroxylation is 2. The minimum atomic E-state index is 0.609. The highest BCUT2D eigenvalue weighted by Gasteiger charge is 2.10. The van der Waals surface area contributed by atoms with Gasteiger partial charge in [-0.05, 0) is 19.1 Å². The standard InChI is InChI=1S/C13H13N3/c1-8-7-10-12(16(8)2)9-5-3-4-6-11(9)15-13(10)14/h3-7H,1-2H3,(H2,14,15). The van der Waals surface area contributed by atoms with E-state index in [2.05, 4.69) is 35.7 Å². The number of pyridine rings is 1. The number of nitrogens with zero attached hydrogens (tertiary/aromatic N) is 2. The quantitative estimate of drug-likeness (QED) is 0.621. The maximum absolute atomic E-state index is 5.98. The van der Waals surface area contributed by atoms with E-state index in [9.17, 15) is 0 Å². The highest BCUT2D eigenvalue weighted by atomic mass is 15.0. The lowest BCUT2D eigenvalue weighted by atomic mass is 10.1. The van der Waals surface area contributed by atoms with Gasteiger partial charge >= 0.3 is 0 Å². The number of fused-ring (bicyclic) bond motifs is 3. The first kappa shape index (κ1) is 9.21. The van der Waals surface area contributed by atoms with Crippen molar-refractivity contribution < 1.29 is 0 Å². The zero-order chi connectivity index (χ0) is 11.3. The third-order valence-electron chi connectivity index (χ3n) is 3.15. The van der Waals surface area contributed by atoms with Gasteiger partial charge in [-0.2, -0.15) is 0 Å². The van der Waals surface area contributed by atoms with Crippen molar-refractivity contribution in [2.45, 2.75) is 6.92 Å². The normalized spacial score (nSPS) is 11.4. The molecule has 3 nitrogen and oxygen atoms in total. The molecule has 80 valence electrons. The molecule has 0 spiro atoms. The molecular formula is C13H13N3. The zero-order valence-corrected chi connectivity index (χ0v) is 9.36. The molecule has 1 aromatic carbocycles. The molecule has 3 heteroatoms. The van der Waals surface area contributed by atoms with E-state index in [1.807, 2.05) is 18.2 Å². The Balaban J connectivity index is 2.67. The summed E-state index contributed by atoms with van der Waals surface area (Å²) in [5.74, 6) is 0.609. The fraction of sp³-hybridized carbons (Fsp3) is 0.154. The van der Waals surface area contributed by atoms with Crippen molar-refractivity contribution in [1.29, 1.82) is 0 Å². The molecule has 0 aliphatic carbocycles. The summed E-state index contributed by atoms with van der Waals surface area (Å²) in [7, 11) is 2.06. The maximum atomic E-state index is 5.98. The smallest absolute Gasteiger partial charge is 0.133 e. The lowest BCUT2D eigenvalue weighted by Gasteiger charge is -2.05. The van der Waals surface area contributed by atoms with Gasteiger partial charge in [0.05, 0.1) is 11.0 Å². The van der Waals surface area contributed by atoms with E-state index in [4.69, 9.17) is 5.73 Å². The number of aromatic nitrogens is 2. The van der Waals surface area contributed by atoms with Crippen LogP contribution in [-0.4, -0.2) is 9.55 Å².